The van der Waals surface area contributed by atoms with E-state index in [0.29, 0.717) is 18.8 Å². The minimum absolute atomic E-state index is 0.00308. The molecule has 0 aliphatic carbocycles. The zero-order chi connectivity index (χ0) is 13.0. The molecule has 1 aliphatic rings. The van der Waals surface area contributed by atoms with E-state index >= 15 is 0 Å². The maximum absolute atomic E-state index is 11.4. The van der Waals surface area contributed by atoms with Crippen LogP contribution in [0.5, 0.6) is 5.75 Å². The van der Waals surface area contributed by atoms with E-state index in [-0.39, 0.29) is 29.9 Å². The van der Waals surface area contributed by atoms with Crippen LogP contribution in [-0.4, -0.2) is 43.2 Å². The third-order valence-electron chi connectivity index (χ3n) is 3.27. The van der Waals surface area contributed by atoms with E-state index < -0.39 is 9.84 Å². The summed E-state index contributed by atoms with van der Waals surface area (Å²) in [5.74, 6) is 0.881. The fourth-order valence-corrected chi connectivity index (χ4v) is 4.09. The number of hydrogen-bond donors (Lipinski definition) is 1. The Morgan fingerprint density at radius 1 is 1.56 bits per heavy atom. The zero-order valence-electron chi connectivity index (χ0n) is 10.0. The fraction of sp³-hybridized carbons (Fsp3) is 0.583. The smallest absolute Gasteiger partial charge is 0.150 e. The van der Waals surface area contributed by atoms with E-state index in [0.717, 1.165) is 0 Å². The molecule has 1 fully saturated rings. The molecule has 1 saturated heterocycles. The van der Waals surface area contributed by atoms with Gasteiger partial charge in [0.25, 0.3) is 0 Å². The second-order valence-electron chi connectivity index (χ2n) is 4.61. The van der Waals surface area contributed by atoms with Crippen molar-refractivity contribution in [2.45, 2.75) is 6.42 Å². The molecular formula is C12H17NO4S. The Labute approximate surface area is 107 Å². The van der Waals surface area contributed by atoms with Crippen LogP contribution in [0.15, 0.2) is 24.5 Å². The Morgan fingerprint density at radius 2 is 2.39 bits per heavy atom. The summed E-state index contributed by atoms with van der Waals surface area (Å²) in [4.78, 5) is 3.93. The molecule has 1 N–H and O–H groups in total. The van der Waals surface area contributed by atoms with Crippen LogP contribution in [0, 0.1) is 11.8 Å². The molecule has 2 rings (SSSR count). The lowest BCUT2D eigenvalue weighted by Crippen LogP contribution is -2.26. The molecule has 6 heteroatoms. The lowest BCUT2D eigenvalue weighted by atomic mass is 9.93. The van der Waals surface area contributed by atoms with Crippen molar-refractivity contribution in [3.8, 4) is 5.75 Å². The first-order chi connectivity index (χ1) is 8.61. The van der Waals surface area contributed by atoms with Crippen LogP contribution in [0.25, 0.3) is 0 Å². The molecule has 5 nitrogen and oxygen atoms in total. The molecule has 0 amide bonds. The van der Waals surface area contributed by atoms with E-state index in [2.05, 4.69) is 4.98 Å². The lowest BCUT2D eigenvalue weighted by Gasteiger charge is -2.20. The minimum Gasteiger partial charge on any atom is -0.492 e. The van der Waals surface area contributed by atoms with Gasteiger partial charge in [0, 0.05) is 18.7 Å². The first-order valence-corrected chi connectivity index (χ1v) is 7.77. The maximum Gasteiger partial charge on any atom is 0.150 e. The normalized spacial score (nSPS) is 23.7. The average molecular weight is 271 g/mol. The van der Waals surface area contributed by atoms with Crippen molar-refractivity contribution < 1.29 is 18.3 Å². The van der Waals surface area contributed by atoms with Crippen LogP contribution < -0.4 is 4.74 Å². The largest absolute Gasteiger partial charge is 0.492 e. The van der Waals surface area contributed by atoms with Crippen molar-refractivity contribution in [2.24, 2.45) is 11.8 Å². The van der Waals surface area contributed by atoms with Gasteiger partial charge in [-0.3, -0.25) is 4.98 Å². The van der Waals surface area contributed by atoms with Gasteiger partial charge in [-0.05, 0) is 24.5 Å². The number of hydrogen-bond acceptors (Lipinski definition) is 5. The number of pyridine rings is 1. The van der Waals surface area contributed by atoms with Gasteiger partial charge in [0.15, 0.2) is 9.84 Å². The van der Waals surface area contributed by atoms with Crippen LogP contribution in [-0.2, 0) is 9.84 Å². The highest BCUT2D eigenvalue weighted by Crippen LogP contribution is 2.26. The fourth-order valence-electron chi connectivity index (χ4n) is 2.17. The maximum atomic E-state index is 11.4. The Balaban J connectivity index is 1.90. The molecule has 2 atom stereocenters. The van der Waals surface area contributed by atoms with E-state index in [4.69, 9.17) is 4.74 Å². The van der Waals surface area contributed by atoms with Gasteiger partial charge in [-0.1, -0.05) is 0 Å². The van der Waals surface area contributed by atoms with Crippen molar-refractivity contribution in [1.29, 1.82) is 0 Å². The molecule has 2 unspecified atom stereocenters. The molecule has 18 heavy (non-hydrogen) atoms. The predicted octanol–water partition coefficient (Wildman–Crippen LogP) is 0.504. The molecule has 0 spiro atoms. The van der Waals surface area contributed by atoms with Gasteiger partial charge in [-0.15, -0.1) is 0 Å². The van der Waals surface area contributed by atoms with Crippen LogP contribution in [0.3, 0.4) is 0 Å². The number of ether oxygens (including phenoxy) is 1. The zero-order valence-corrected chi connectivity index (χ0v) is 10.8. The van der Waals surface area contributed by atoms with Gasteiger partial charge < -0.3 is 9.84 Å². The molecule has 2 heterocycles. The van der Waals surface area contributed by atoms with Gasteiger partial charge >= 0.3 is 0 Å². The summed E-state index contributed by atoms with van der Waals surface area (Å²) in [6.45, 7) is 0.267. The van der Waals surface area contributed by atoms with E-state index in [1.807, 2.05) is 0 Å². The Kier molecular flexibility index (Phi) is 4.19. The summed E-state index contributed by atoms with van der Waals surface area (Å²) in [6, 6.07) is 3.55. The summed E-state index contributed by atoms with van der Waals surface area (Å²) in [5, 5.41) is 9.34. The number of sulfone groups is 1. The molecule has 0 saturated carbocycles. The topological polar surface area (TPSA) is 76.5 Å². The molecule has 100 valence electrons. The average Bonchev–Trinajstić information content (AvgIpc) is 2.72. The lowest BCUT2D eigenvalue weighted by molar-refractivity contribution is 0.125. The van der Waals surface area contributed by atoms with E-state index in [1.165, 1.54) is 0 Å². The number of nitrogens with zero attached hydrogens (tertiary/aromatic N) is 1. The summed E-state index contributed by atoms with van der Waals surface area (Å²) < 4.78 is 28.3. The van der Waals surface area contributed by atoms with Crippen LogP contribution >= 0.6 is 0 Å². The van der Waals surface area contributed by atoms with Crippen LogP contribution in [0.2, 0.25) is 0 Å². The minimum atomic E-state index is -2.91. The molecular weight excluding hydrogens is 254 g/mol. The van der Waals surface area contributed by atoms with Gasteiger partial charge in [-0.25, -0.2) is 8.42 Å². The quantitative estimate of drug-likeness (QED) is 0.844. The summed E-state index contributed by atoms with van der Waals surface area (Å²) in [5.41, 5.74) is 0. The van der Waals surface area contributed by atoms with E-state index in [1.54, 1.807) is 24.5 Å². The molecule has 1 aliphatic heterocycles. The number of aromatic nitrogens is 1. The van der Waals surface area contributed by atoms with Gasteiger partial charge in [0.1, 0.15) is 5.75 Å². The monoisotopic (exact) mass is 271 g/mol. The van der Waals surface area contributed by atoms with Crippen LogP contribution in [0.1, 0.15) is 6.42 Å². The highest BCUT2D eigenvalue weighted by molar-refractivity contribution is 7.91. The molecule has 0 bridgehead atoms. The van der Waals surface area contributed by atoms with Gasteiger partial charge in [0.2, 0.25) is 0 Å². The first-order valence-electron chi connectivity index (χ1n) is 5.95. The third kappa shape index (κ3) is 3.43. The molecule has 1 aromatic rings. The Bertz CT molecular complexity index is 474. The second kappa shape index (κ2) is 5.67. The van der Waals surface area contributed by atoms with Crippen molar-refractivity contribution in [3.63, 3.8) is 0 Å². The number of aliphatic hydroxyl groups is 1. The Hall–Kier alpha value is -1.14. The standard InChI is InChI=1S/C12H17NO4S/c14-7-11(10-3-5-18(15,16)9-10)8-17-12-2-1-4-13-6-12/h1-2,4,6,10-11,14H,3,5,7-9H2. The third-order valence-corrected chi connectivity index (χ3v) is 5.06. The van der Waals surface area contributed by atoms with Crippen molar-refractivity contribution >= 4 is 9.84 Å². The highest BCUT2D eigenvalue weighted by Gasteiger charge is 2.33. The number of rotatable bonds is 5. The van der Waals surface area contributed by atoms with Crippen LogP contribution in [0.4, 0.5) is 0 Å². The van der Waals surface area contributed by atoms with Crippen molar-refractivity contribution in [3.05, 3.63) is 24.5 Å². The highest BCUT2D eigenvalue weighted by atomic mass is 32.2. The first kappa shape index (κ1) is 13.3. The summed E-state index contributed by atoms with van der Waals surface area (Å²) >= 11 is 0. The van der Waals surface area contributed by atoms with Gasteiger partial charge in [-0.2, -0.15) is 0 Å². The van der Waals surface area contributed by atoms with Crippen molar-refractivity contribution in [2.75, 3.05) is 24.7 Å². The molecule has 1 aromatic heterocycles. The van der Waals surface area contributed by atoms with Crippen molar-refractivity contribution in [1.82, 2.24) is 4.98 Å². The summed E-state index contributed by atoms with van der Waals surface area (Å²) in [7, 11) is -2.91. The molecule has 0 radical (unpaired) electrons. The predicted molar refractivity (Wildman–Crippen MR) is 67.1 cm³/mol. The summed E-state index contributed by atoms with van der Waals surface area (Å²) in [6.07, 6.45) is 3.86. The molecule has 0 aromatic carbocycles. The second-order valence-corrected chi connectivity index (χ2v) is 6.83. The Morgan fingerprint density at radius 3 is 2.94 bits per heavy atom. The van der Waals surface area contributed by atoms with E-state index in [9.17, 15) is 13.5 Å². The SMILES string of the molecule is O=S1(=O)CCC(C(CO)COc2cccnc2)C1. The number of aliphatic hydroxyl groups excluding tert-OH is 1. The van der Waals surface area contributed by atoms with Gasteiger partial charge in [0.05, 0.1) is 24.3 Å².